The lowest BCUT2D eigenvalue weighted by atomic mass is 10.1. The Morgan fingerprint density at radius 1 is 1.33 bits per heavy atom. The van der Waals surface area contributed by atoms with E-state index < -0.39 is 5.97 Å². The molecule has 0 aliphatic carbocycles. The standard InChI is InChI=1S/C13H10O4S/c1-6-3-8-7-4-11(13(14)15)18-10(7)5-9(16-2)12(8)17-6/h3-5H,1-2H3,(H,14,15). The second-order valence-corrected chi connectivity index (χ2v) is 5.09. The molecule has 3 rings (SSSR count). The van der Waals surface area contributed by atoms with E-state index in [0.717, 1.165) is 21.2 Å². The average Bonchev–Trinajstić information content (AvgIpc) is 2.89. The van der Waals surface area contributed by atoms with Gasteiger partial charge in [-0.2, -0.15) is 0 Å². The molecule has 0 aliphatic heterocycles. The van der Waals surface area contributed by atoms with Gasteiger partial charge in [0.15, 0.2) is 11.3 Å². The van der Waals surface area contributed by atoms with E-state index in [0.29, 0.717) is 16.2 Å². The van der Waals surface area contributed by atoms with E-state index in [1.54, 1.807) is 13.2 Å². The van der Waals surface area contributed by atoms with Crippen molar-refractivity contribution in [2.45, 2.75) is 6.92 Å². The third-order valence-corrected chi connectivity index (χ3v) is 3.89. The summed E-state index contributed by atoms with van der Waals surface area (Å²) in [5, 5.41) is 10.8. The molecule has 18 heavy (non-hydrogen) atoms. The van der Waals surface area contributed by atoms with Gasteiger partial charge >= 0.3 is 5.97 Å². The Morgan fingerprint density at radius 3 is 2.78 bits per heavy atom. The fourth-order valence-electron chi connectivity index (χ4n) is 2.06. The Hall–Kier alpha value is -2.01. The van der Waals surface area contributed by atoms with Gasteiger partial charge in [0.25, 0.3) is 0 Å². The van der Waals surface area contributed by atoms with Gasteiger partial charge in [-0.3, -0.25) is 0 Å². The SMILES string of the molecule is COc1cc2sc(C(=O)O)cc2c2cc(C)oc12. The number of carboxylic acids is 1. The van der Waals surface area contributed by atoms with Crippen LogP contribution in [0, 0.1) is 6.92 Å². The summed E-state index contributed by atoms with van der Waals surface area (Å²) < 4.78 is 11.8. The van der Waals surface area contributed by atoms with E-state index in [1.807, 2.05) is 19.1 Å². The van der Waals surface area contributed by atoms with Crippen molar-refractivity contribution in [3.63, 3.8) is 0 Å². The van der Waals surface area contributed by atoms with Crippen LogP contribution in [0.4, 0.5) is 0 Å². The zero-order valence-corrected chi connectivity index (χ0v) is 10.6. The molecule has 0 aliphatic rings. The van der Waals surface area contributed by atoms with E-state index in [2.05, 4.69) is 0 Å². The number of hydrogen-bond donors (Lipinski definition) is 1. The average molecular weight is 262 g/mol. The molecule has 0 saturated heterocycles. The number of rotatable bonds is 2. The normalized spacial score (nSPS) is 11.2. The number of carbonyl (C=O) groups is 1. The number of hydrogen-bond acceptors (Lipinski definition) is 4. The molecule has 0 fully saturated rings. The van der Waals surface area contributed by atoms with Crippen molar-refractivity contribution >= 4 is 38.4 Å². The molecular weight excluding hydrogens is 252 g/mol. The lowest BCUT2D eigenvalue weighted by Gasteiger charge is -2.00. The summed E-state index contributed by atoms with van der Waals surface area (Å²) in [7, 11) is 1.57. The Kier molecular flexibility index (Phi) is 2.31. The quantitative estimate of drug-likeness (QED) is 0.765. The van der Waals surface area contributed by atoms with E-state index >= 15 is 0 Å². The molecule has 0 unspecified atom stereocenters. The molecule has 0 atom stereocenters. The van der Waals surface area contributed by atoms with Crippen molar-refractivity contribution in [1.82, 2.24) is 0 Å². The van der Waals surface area contributed by atoms with E-state index in [4.69, 9.17) is 14.3 Å². The van der Waals surface area contributed by atoms with Gasteiger partial charge < -0.3 is 14.3 Å². The van der Waals surface area contributed by atoms with Crippen molar-refractivity contribution in [2.75, 3.05) is 7.11 Å². The molecule has 2 aromatic heterocycles. The van der Waals surface area contributed by atoms with Gasteiger partial charge in [0, 0.05) is 21.5 Å². The van der Waals surface area contributed by atoms with Gasteiger partial charge in [0.1, 0.15) is 10.6 Å². The third-order valence-electron chi connectivity index (χ3n) is 2.82. The Bertz CT molecular complexity index is 766. The molecular formula is C13H10O4S. The molecule has 5 heteroatoms. The maximum atomic E-state index is 11.0. The first-order valence-electron chi connectivity index (χ1n) is 5.34. The third kappa shape index (κ3) is 1.48. The molecule has 0 bridgehead atoms. The maximum Gasteiger partial charge on any atom is 0.345 e. The maximum absolute atomic E-state index is 11.0. The van der Waals surface area contributed by atoms with Crippen molar-refractivity contribution in [3.8, 4) is 5.75 Å². The highest BCUT2D eigenvalue weighted by atomic mass is 32.1. The van der Waals surface area contributed by atoms with Crippen LogP contribution in [0.3, 0.4) is 0 Å². The largest absolute Gasteiger partial charge is 0.493 e. The van der Waals surface area contributed by atoms with Crippen molar-refractivity contribution < 1.29 is 19.1 Å². The van der Waals surface area contributed by atoms with Gasteiger partial charge in [0.2, 0.25) is 0 Å². The van der Waals surface area contributed by atoms with E-state index in [1.165, 1.54) is 11.3 Å². The van der Waals surface area contributed by atoms with Crippen LogP contribution >= 0.6 is 11.3 Å². The van der Waals surface area contributed by atoms with Crippen LogP contribution in [0.2, 0.25) is 0 Å². The van der Waals surface area contributed by atoms with Crippen LogP contribution in [0.15, 0.2) is 22.6 Å². The first-order chi connectivity index (χ1) is 8.60. The number of aromatic carboxylic acids is 1. The summed E-state index contributed by atoms with van der Waals surface area (Å²) >= 11 is 1.24. The molecule has 0 spiro atoms. The lowest BCUT2D eigenvalue weighted by molar-refractivity contribution is 0.0702. The molecule has 2 heterocycles. The van der Waals surface area contributed by atoms with Crippen LogP contribution in [0.1, 0.15) is 15.4 Å². The zero-order valence-electron chi connectivity index (χ0n) is 9.81. The first-order valence-corrected chi connectivity index (χ1v) is 6.16. The minimum atomic E-state index is -0.913. The highest BCUT2D eigenvalue weighted by Crippen LogP contribution is 2.39. The molecule has 3 aromatic rings. The Morgan fingerprint density at radius 2 is 2.11 bits per heavy atom. The van der Waals surface area contributed by atoms with Gasteiger partial charge in [-0.25, -0.2) is 4.79 Å². The smallest absolute Gasteiger partial charge is 0.345 e. The Balaban J connectivity index is 2.46. The van der Waals surface area contributed by atoms with Crippen LogP contribution < -0.4 is 4.74 Å². The molecule has 0 saturated carbocycles. The topological polar surface area (TPSA) is 59.7 Å². The predicted molar refractivity (Wildman–Crippen MR) is 69.8 cm³/mol. The predicted octanol–water partition coefficient (Wildman–Crippen LogP) is 3.66. The first kappa shape index (κ1) is 11.1. The van der Waals surface area contributed by atoms with Crippen LogP contribution in [0.25, 0.3) is 21.1 Å². The van der Waals surface area contributed by atoms with Gasteiger partial charge in [-0.15, -0.1) is 11.3 Å². The van der Waals surface area contributed by atoms with E-state index in [9.17, 15) is 4.79 Å². The number of aryl methyl sites for hydroxylation is 1. The summed E-state index contributed by atoms with van der Waals surface area (Å²) in [6.07, 6.45) is 0. The minimum Gasteiger partial charge on any atom is -0.493 e. The summed E-state index contributed by atoms with van der Waals surface area (Å²) in [6.45, 7) is 1.86. The summed E-state index contributed by atoms with van der Waals surface area (Å²) in [6, 6.07) is 5.40. The van der Waals surface area contributed by atoms with Crippen molar-refractivity contribution in [1.29, 1.82) is 0 Å². The number of methoxy groups -OCH3 is 1. The number of thiophene rings is 1. The van der Waals surface area contributed by atoms with Crippen molar-refractivity contribution in [3.05, 3.63) is 28.8 Å². The number of fused-ring (bicyclic) bond motifs is 3. The minimum absolute atomic E-state index is 0.318. The van der Waals surface area contributed by atoms with Crippen LogP contribution in [-0.4, -0.2) is 18.2 Å². The number of furan rings is 1. The van der Waals surface area contributed by atoms with Crippen LogP contribution in [0.5, 0.6) is 5.75 Å². The van der Waals surface area contributed by atoms with E-state index in [-0.39, 0.29) is 0 Å². The summed E-state index contributed by atoms with van der Waals surface area (Å²) in [5.74, 6) is 0.492. The number of carboxylic acid groups (broad SMARTS) is 1. The summed E-state index contributed by atoms with van der Waals surface area (Å²) in [5.41, 5.74) is 0.664. The van der Waals surface area contributed by atoms with Gasteiger partial charge in [0.05, 0.1) is 7.11 Å². The van der Waals surface area contributed by atoms with Crippen LogP contribution in [-0.2, 0) is 0 Å². The molecule has 0 amide bonds. The van der Waals surface area contributed by atoms with Crippen molar-refractivity contribution in [2.24, 2.45) is 0 Å². The molecule has 92 valence electrons. The molecule has 0 radical (unpaired) electrons. The fraction of sp³-hybridized carbons (Fsp3) is 0.154. The second kappa shape index (κ2) is 3.74. The Labute approximate surface area is 106 Å². The molecule has 1 aromatic carbocycles. The summed E-state index contributed by atoms with van der Waals surface area (Å²) in [4.78, 5) is 11.3. The monoisotopic (exact) mass is 262 g/mol. The highest BCUT2D eigenvalue weighted by molar-refractivity contribution is 7.20. The fourth-order valence-corrected chi connectivity index (χ4v) is 3.01. The number of benzene rings is 1. The van der Waals surface area contributed by atoms with Gasteiger partial charge in [-0.1, -0.05) is 0 Å². The lowest BCUT2D eigenvalue weighted by Crippen LogP contribution is -1.89. The molecule has 4 nitrogen and oxygen atoms in total. The number of ether oxygens (including phenoxy) is 1. The highest BCUT2D eigenvalue weighted by Gasteiger charge is 2.16. The van der Waals surface area contributed by atoms with Gasteiger partial charge in [-0.05, 0) is 19.1 Å². The molecule has 1 N–H and O–H groups in total. The second-order valence-electron chi connectivity index (χ2n) is 4.01. The zero-order chi connectivity index (χ0) is 12.9.